The number of thiophene rings is 2. The van der Waals surface area contributed by atoms with Crippen LogP contribution < -0.4 is 0 Å². The van der Waals surface area contributed by atoms with Crippen LogP contribution >= 0.6 is 22.7 Å². The van der Waals surface area contributed by atoms with Gasteiger partial charge in [-0.15, -0.1) is 22.7 Å². The summed E-state index contributed by atoms with van der Waals surface area (Å²) >= 11 is 3.61. The van der Waals surface area contributed by atoms with Crippen LogP contribution in [0.2, 0.25) is 0 Å². The molecule has 0 aliphatic heterocycles. The van der Waals surface area contributed by atoms with Crippen molar-refractivity contribution in [2.75, 3.05) is 0 Å². The molecule has 56 heavy (non-hydrogen) atoms. The molecular weight excluding hydrogens is 721 g/mol. The van der Waals surface area contributed by atoms with Crippen molar-refractivity contribution < 1.29 is 0 Å². The molecule has 4 heterocycles. The Kier molecular flexibility index (Phi) is 6.48. The Hall–Kier alpha value is -7.22. The maximum Gasteiger partial charge on any atom is 0.0993 e. The molecule has 6 heteroatoms. The summed E-state index contributed by atoms with van der Waals surface area (Å²) in [5.74, 6) is 0. The van der Waals surface area contributed by atoms with Crippen molar-refractivity contribution >= 4 is 107 Å². The van der Waals surface area contributed by atoms with E-state index < -0.39 is 0 Å². The van der Waals surface area contributed by atoms with Gasteiger partial charge in [0, 0.05) is 67.5 Å². The highest BCUT2D eigenvalue weighted by molar-refractivity contribution is 7.26. The number of rotatable bonds is 3. The summed E-state index contributed by atoms with van der Waals surface area (Å²) in [5.41, 5.74) is 9.06. The highest BCUT2D eigenvalue weighted by Crippen LogP contribution is 2.48. The third kappa shape index (κ3) is 4.20. The third-order valence-corrected chi connectivity index (χ3v) is 13.6. The van der Waals surface area contributed by atoms with Crippen molar-refractivity contribution in [2.24, 2.45) is 0 Å². The van der Waals surface area contributed by atoms with E-state index in [0.29, 0.717) is 11.1 Å². The molecule has 0 atom stereocenters. The van der Waals surface area contributed by atoms with Gasteiger partial charge in [-0.05, 0) is 66.2 Å². The Morgan fingerprint density at radius 3 is 1.39 bits per heavy atom. The lowest BCUT2D eigenvalue weighted by Crippen LogP contribution is -2.05. The van der Waals surface area contributed by atoms with Gasteiger partial charge in [-0.3, -0.25) is 0 Å². The molecule has 0 radical (unpaired) electrons. The number of nitrogens with zero attached hydrogens (tertiary/aromatic N) is 4. The van der Waals surface area contributed by atoms with Crippen LogP contribution in [0.15, 0.2) is 158 Å². The fourth-order valence-electron chi connectivity index (χ4n) is 9.10. The Labute approximate surface area is 328 Å². The lowest BCUT2D eigenvalue weighted by molar-refractivity contribution is 1.14. The Morgan fingerprint density at radius 2 is 0.875 bits per heavy atom. The highest BCUT2D eigenvalue weighted by atomic mass is 32.1. The molecule has 0 bridgehead atoms. The molecule has 258 valence electrons. The number of benzene rings is 8. The van der Waals surface area contributed by atoms with Gasteiger partial charge >= 0.3 is 0 Å². The normalized spacial score (nSPS) is 11.9. The molecule has 8 aromatic carbocycles. The van der Waals surface area contributed by atoms with Crippen LogP contribution in [0.3, 0.4) is 0 Å². The van der Waals surface area contributed by atoms with Crippen LogP contribution in [0, 0.1) is 22.7 Å². The van der Waals surface area contributed by atoms with Gasteiger partial charge in [-0.25, -0.2) is 0 Å². The average Bonchev–Trinajstić information content (AvgIpc) is 4.00. The van der Waals surface area contributed by atoms with Crippen molar-refractivity contribution in [1.82, 2.24) is 9.13 Å². The minimum absolute atomic E-state index is 0.553. The van der Waals surface area contributed by atoms with Crippen molar-refractivity contribution in [2.45, 2.75) is 0 Å². The summed E-state index contributed by atoms with van der Waals surface area (Å²) in [4.78, 5) is 0. The maximum atomic E-state index is 10.9. The van der Waals surface area contributed by atoms with E-state index >= 15 is 0 Å². The second kappa shape index (κ2) is 11.6. The van der Waals surface area contributed by atoms with Crippen LogP contribution in [0.25, 0.3) is 106 Å². The van der Waals surface area contributed by atoms with E-state index in [2.05, 4.69) is 149 Å². The first-order chi connectivity index (χ1) is 27.7. The van der Waals surface area contributed by atoms with E-state index in [4.69, 9.17) is 0 Å². The second-order valence-corrected chi connectivity index (χ2v) is 16.4. The first-order valence-electron chi connectivity index (χ1n) is 18.5. The smallest absolute Gasteiger partial charge is 0.0993 e. The predicted octanol–water partition coefficient (Wildman–Crippen LogP) is 14.0. The van der Waals surface area contributed by atoms with Gasteiger partial charge in [0.1, 0.15) is 0 Å². The highest BCUT2D eigenvalue weighted by Gasteiger charge is 2.26. The predicted molar refractivity (Wildman–Crippen MR) is 236 cm³/mol. The number of fused-ring (bicyclic) bond motifs is 14. The zero-order chi connectivity index (χ0) is 37.1. The molecule has 0 unspecified atom stereocenters. The molecule has 12 rings (SSSR count). The van der Waals surface area contributed by atoms with Crippen molar-refractivity contribution in [3.05, 3.63) is 169 Å². The van der Waals surface area contributed by atoms with Crippen molar-refractivity contribution in [3.63, 3.8) is 0 Å². The van der Waals surface area contributed by atoms with E-state index in [9.17, 15) is 10.5 Å². The van der Waals surface area contributed by atoms with E-state index in [0.717, 1.165) is 66.1 Å². The minimum atomic E-state index is 0.553. The number of hydrogen-bond donors (Lipinski definition) is 0. The lowest BCUT2D eigenvalue weighted by atomic mass is 9.96. The van der Waals surface area contributed by atoms with Gasteiger partial charge in [0.15, 0.2) is 0 Å². The topological polar surface area (TPSA) is 57.4 Å². The van der Waals surface area contributed by atoms with E-state index in [1.807, 2.05) is 30.3 Å². The lowest BCUT2D eigenvalue weighted by Gasteiger charge is -2.21. The number of aromatic nitrogens is 2. The second-order valence-electron chi connectivity index (χ2n) is 14.3. The van der Waals surface area contributed by atoms with Crippen LogP contribution in [0.1, 0.15) is 11.1 Å². The molecular formula is C50H26N4S2. The first-order valence-corrected chi connectivity index (χ1v) is 20.1. The maximum absolute atomic E-state index is 10.9. The zero-order valence-electron chi connectivity index (χ0n) is 29.6. The van der Waals surface area contributed by atoms with E-state index in [-0.39, 0.29) is 0 Å². The Morgan fingerprint density at radius 1 is 0.393 bits per heavy atom. The summed E-state index contributed by atoms with van der Waals surface area (Å²) in [7, 11) is 0. The SMILES string of the molecule is N#Cc1cccc(-c2c(-n3c4ccccc4c4ccc5sc6ccccc6c5c43)cc(C#N)cc2-n2c3ccccc3c3ccc4sc5ccccc5c4c32)c1. The monoisotopic (exact) mass is 746 g/mol. The standard InChI is InChI=1S/C50H26N4S2/c51-27-29-10-9-11-31(24-29)46-40(53-38-16-5-1-12-32(38)34-20-22-44-47(49(34)53)36-14-3-7-18-42(36)55-44)25-30(28-52)26-41(46)54-39-17-6-2-13-33(39)35-21-23-45-48(50(35)54)37-15-4-8-19-43(37)56-45/h1-26H. The zero-order valence-corrected chi connectivity index (χ0v) is 31.2. The average molecular weight is 747 g/mol. The molecule has 0 spiro atoms. The molecule has 4 nitrogen and oxygen atoms in total. The quantitative estimate of drug-likeness (QED) is 0.181. The summed E-state index contributed by atoms with van der Waals surface area (Å²) in [6.07, 6.45) is 0. The Balaban J connectivity index is 1.34. The molecule has 0 saturated heterocycles. The fraction of sp³-hybridized carbons (Fsp3) is 0. The molecule has 12 aromatic rings. The van der Waals surface area contributed by atoms with Gasteiger partial charge in [-0.1, -0.05) is 97.1 Å². The summed E-state index contributed by atoms with van der Waals surface area (Å²) in [6.45, 7) is 0. The molecule has 0 aliphatic carbocycles. The molecule has 0 N–H and O–H groups in total. The van der Waals surface area contributed by atoms with Gasteiger partial charge in [0.25, 0.3) is 0 Å². The van der Waals surface area contributed by atoms with Gasteiger partial charge in [0.2, 0.25) is 0 Å². The minimum Gasteiger partial charge on any atom is -0.308 e. The van der Waals surface area contributed by atoms with Gasteiger partial charge < -0.3 is 9.13 Å². The molecule has 0 aliphatic rings. The number of para-hydroxylation sites is 2. The van der Waals surface area contributed by atoms with Crippen LogP contribution in [-0.2, 0) is 0 Å². The third-order valence-electron chi connectivity index (χ3n) is 11.3. The van der Waals surface area contributed by atoms with Crippen molar-refractivity contribution in [1.29, 1.82) is 10.5 Å². The number of hydrogen-bond acceptors (Lipinski definition) is 4. The molecule has 0 saturated carbocycles. The van der Waals surface area contributed by atoms with Gasteiger partial charge in [-0.2, -0.15) is 10.5 Å². The van der Waals surface area contributed by atoms with Crippen LogP contribution in [0.5, 0.6) is 0 Å². The summed E-state index contributed by atoms with van der Waals surface area (Å²) < 4.78 is 9.65. The largest absolute Gasteiger partial charge is 0.308 e. The fourth-order valence-corrected chi connectivity index (χ4v) is 11.3. The van der Waals surface area contributed by atoms with Crippen molar-refractivity contribution in [3.8, 4) is 34.6 Å². The van der Waals surface area contributed by atoms with E-state index in [1.54, 1.807) is 22.7 Å². The summed E-state index contributed by atoms with van der Waals surface area (Å²) in [5, 5.41) is 30.6. The number of nitriles is 2. The molecule has 0 fully saturated rings. The van der Waals surface area contributed by atoms with E-state index in [1.165, 1.54) is 40.3 Å². The van der Waals surface area contributed by atoms with Gasteiger partial charge in [0.05, 0.1) is 56.7 Å². The first kappa shape index (κ1) is 31.2. The molecule has 4 aromatic heterocycles. The summed E-state index contributed by atoms with van der Waals surface area (Å²) in [6, 6.07) is 60.4. The van der Waals surface area contributed by atoms with Crippen LogP contribution in [-0.4, -0.2) is 9.13 Å². The Bertz CT molecular complexity index is 3540. The molecule has 0 amide bonds. The van der Waals surface area contributed by atoms with Crippen LogP contribution in [0.4, 0.5) is 0 Å².